The van der Waals surface area contributed by atoms with Crippen LogP contribution in [0.25, 0.3) is 0 Å². The summed E-state index contributed by atoms with van der Waals surface area (Å²) in [5, 5.41) is -1.04. The molecule has 0 heterocycles. The first-order valence-corrected chi connectivity index (χ1v) is 9.88. The van der Waals surface area contributed by atoms with E-state index >= 15 is 0 Å². The number of hydrogen-bond acceptors (Lipinski definition) is 2. The Hall–Kier alpha value is -2.31. The molecular formula is C20H14ClF3O2S. The monoisotopic (exact) mass is 410 g/mol. The average molecular weight is 411 g/mol. The second kappa shape index (κ2) is 7.74. The second-order valence-electron chi connectivity index (χ2n) is 5.98. The summed E-state index contributed by atoms with van der Waals surface area (Å²) in [7, 11) is -4.08. The Bertz CT molecular complexity index is 1050. The molecule has 1 unspecified atom stereocenters. The topological polar surface area (TPSA) is 34.1 Å². The van der Waals surface area contributed by atoms with Crippen molar-refractivity contribution in [3.63, 3.8) is 0 Å². The van der Waals surface area contributed by atoms with Crippen molar-refractivity contribution in [2.45, 2.75) is 16.6 Å². The third-order valence-corrected chi connectivity index (χ3v) is 6.51. The van der Waals surface area contributed by atoms with Gasteiger partial charge in [0.15, 0.2) is 9.84 Å². The van der Waals surface area contributed by atoms with Crippen molar-refractivity contribution in [1.29, 1.82) is 0 Å². The Balaban J connectivity index is 2.12. The van der Waals surface area contributed by atoms with Crippen LogP contribution in [0.1, 0.15) is 16.4 Å². The highest BCUT2D eigenvalue weighted by atomic mass is 35.5. The number of hydrogen-bond donors (Lipinski definition) is 0. The Morgan fingerprint density at radius 2 is 1.41 bits per heavy atom. The zero-order chi connectivity index (χ0) is 19.6. The molecule has 2 nitrogen and oxygen atoms in total. The Morgan fingerprint density at radius 1 is 0.815 bits per heavy atom. The van der Waals surface area contributed by atoms with E-state index in [1.165, 1.54) is 48.5 Å². The summed E-state index contributed by atoms with van der Waals surface area (Å²) in [5.74, 6) is -2.06. The zero-order valence-corrected chi connectivity index (χ0v) is 15.4. The minimum Gasteiger partial charge on any atom is -0.223 e. The zero-order valence-electron chi connectivity index (χ0n) is 13.9. The Kier molecular flexibility index (Phi) is 5.58. The van der Waals surface area contributed by atoms with Crippen LogP contribution in [0.5, 0.6) is 0 Å². The predicted octanol–water partition coefficient (Wildman–Crippen LogP) is 5.52. The molecule has 0 fully saturated rings. The molecule has 27 heavy (non-hydrogen) atoms. The molecule has 0 aliphatic heterocycles. The molecule has 140 valence electrons. The summed E-state index contributed by atoms with van der Waals surface area (Å²) in [6.07, 6.45) is -0.147. The molecule has 1 atom stereocenters. The molecule has 0 aliphatic carbocycles. The smallest absolute Gasteiger partial charge is 0.185 e. The lowest BCUT2D eigenvalue weighted by Crippen LogP contribution is -2.18. The maximum atomic E-state index is 14.4. The molecule has 0 aromatic heterocycles. The molecule has 0 saturated carbocycles. The van der Waals surface area contributed by atoms with Crippen LogP contribution in [0.4, 0.5) is 13.2 Å². The fraction of sp³-hybridized carbons (Fsp3) is 0.100. The summed E-state index contributed by atoms with van der Waals surface area (Å²) in [6, 6.07) is 13.3. The maximum Gasteiger partial charge on any atom is 0.185 e. The van der Waals surface area contributed by atoms with Crippen LogP contribution >= 0.6 is 11.6 Å². The lowest BCUT2D eigenvalue weighted by molar-refractivity contribution is 0.558. The van der Waals surface area contributed by atoms with Crippen molar-refractivity contribution >= 4 is 21.4 Å². The van der Waals surface area contributed by atoms with E-state index in [4.69, 9.17) is 11.6 Å². The lowest BCUT2D eigenvalue weighted by atomic mass is 10.0. The minimum absolute atomic E-state index is 0.0670. The highest BCUT2D eigenvalue weighted by Crippen LogP contribution is 2.34. The average Bonchev–Trinajstić information content (AvgIpc) is 2.63. The standard InChI is InChI=1S/C20H14ClF3O2S/c21-14-3-8-17(9-4-14)27(25,26)20(11-13-1-5-15(22)6-2-13)18-12-16(23)7-10-19(18)24/h1-10,12,20H,11H2. The van der Waals surface area contributed by atoms with Crippen molar-refractivity contribution in [3.8, 4) is 0 Å². The van der Waals surface area contributed by atoms with Gasteiger partial charge in [0.1, 0.15) is 17.5 Å². The van der Waals surface area contributed by atoms with Crippen molar-refractivity contribution in [2.75, 3.05) is 0 Å². The van der Waals surface area contributed by atoms with Gasteiger partial charge in [-0.2, -0.15) is 0 Å². The molecule has 0 spiro atoms. The van der Waals surface area contributed by atoms with Gasteiger partial charge in [-0.1, -0.05) is 23.7 Å². The van der Waals surface area contributed by atoms with E-state index in [1.807, 2.05) is 0 Å². The molecular weight excluding hydrogens is 397 g/mol. The second-order valence-corrected chi connectivity index (χ2v) is 8.55. The first-order chi connectivity index (χ1) is 12.8. The van der Waals surface area contributed by atoms with Crippen LogP contribution < -0.4 is 0 Å². The molecule has 0 radical (unpaired) electrons. The van der Waals surface area contributed by atoms with E-state index < -0.39 is 32.5 Å². The highest BCUT2D eigenvalue weighted by Gasteiger charge is 2.32. The normalized spacial score (nSPS) is 12.7. The summed E-state index contributed by atoms with van der Waals surface area (Å²) < 4.78 is 67.6. The molecule has 0 aliphatic rings. The Morgan fingerprint density at radius 3 is 2.04 bits per heavy atom. The van der Waals surface area contributed by atoms with Crippen LogP contribution in [0.15, 0.2) is 71.6 Å². The Labute approximate surface area is 160 Å². The highest BCUT2D eigenvalue weighted by molar-refractivity contribution is 7.91. The van der Waals surface area contributed by atoms with Gasteiger partial charge in [0.05, 0.1) is 10.1 Å². The van der Waals surface area contributed by atoms with Crippen molar-refractivity contribution in [1.82, 2.24) is 0 Å². The van der Waals surface area contributed by atoms with Gasteiger partial charge in [0.2, 0.25) is 0 Å². The molecule has 3 rings (SSSR count). The fourth-order valence-electron chi connectivity index (χ4n) is 2.77. The van der Waals surface area contributed by atoms with Crippen LogP contribution in [0.2, 0.25) is 5.02 Å². The van der Waals surface area contributed by atoms with Crippen molar-refractivity contribution in [2.24, 2.45) is 0 Å². The lowest BCUT2D eigenvalue weighted by Gasteiger charge is -2.19. The van der Waals surface area contributed by atoms with Crippen LogP contribution in [-0.4, -0.2) is 8.42 Å². The molecule has 0 saturated heterocycles. The van der Waals surface area contributed by atoms with Gasteiger partial charge >= 0.3 is 0 Å². The van der Waals surface area contributed by atoms with E-state index in [0.717, 1.165) is 18.2 Å². The number of rotatable bonds is 5. The minimum atomic E-state index is -4.08. The summed E-state index contributed by atoms with van der Waals surface area (Å²) >= 11 is 5.81. The van der Waals surface area contributed by atoms with Crippen molar-refractivity contribution in [3.05, 3.63) is 100 Å². The van der Waals surface area contributed by atoms with Gasteiger partial charge < -0.3 is 0 Å². The largest absolute Gasteiger partial charge is 0.223 e. The summed E-state index contributed by atoms with van der Waals surface area (Å²) in [6.45, 7) is 0. The van der Waals surface area contributed by atoms with Gasteiger partial charge in [0, 0.05) is 10.6 Å². The summed E-state index contributed by atoms with van der Waals surface area (Å²) in [4.78, 5) is -0.0670. The maximum absolute atomic E-state index is 14.4. The van der Waals surface area contributed by atoms with E-state index in [1.54, 1.807) is 0 Å². The molecule has 0 bridgehead atoms. The van der Waals surface area contributed by atoms with E-state index in [2.05, 4.69) is 0 Å². The molecule has 0 amide bonds. The van der Waals surface area contributed by atoms with Gasteiger partial charge in [-0.05, 0) is 66.6 Å². The van der Waals surface area contributed by atoms with Crippen LogP contribution in [0.3, 0.4) is 0 Å². The molecule has 0 N–H and O–H groups in total. The molecule has 3 aromatic rings. The fourth-order valence-corrected chi connectivity index (χ4v) is 4.67. The van der Waals surface area contributed by atoms with Crippen LogP contribution in [-0.2, 0) is 16.3 Å². The van der Waals surface area contributed by atoms with E-state index in [-0.39, 0.29) is 16.9 Å². The van der Waals surface area contributed by atoms with Crippen molar-refractivity contribution < 1.29 is 21.6 Å². The summed E-state index contributed by atoms with van der Waals surface area (Å²) in [5.41, 5.74) is 0.192. The third kappa shape index (κ3) is 4.34. The van der Waals surface area contributed by atoms with Gasteiger partial charge in [-0.3, -0.25) is 0 Å². The third-order valence-electron chi connectivity index (χ3n) is 4.16. The molecule has 3 aromatic carbocycles. The number of halogens is 4. The number of benzene rings is 3. The SMILES string of the molecule is O=S(=O)(c1ccc(Cl)cc1)C(Cc1ccc(F)cc1)c1cc(F)ccc1F. The number of sulfone groups is 1. The quantitative estimate of drug-likeness (QED) is 0.555. The van der Waals surface area contributed by atoms with Crippen LogP contribution in [0, 0.1) is 17.5 Å². The van der Waals surface area contributed by atoms with Gasteiger partial charge in [-0.15, -0.1) is 0 Å². The first kappa shape index (κ1) is 19.5. The predicted molar refractivity (Wildman–Crippen MR) is 97.8 cm³/mol. The van der Waals surface area contributed by atoms with E-state index in [9.17, 15) is 21.6 Å². The van der Waals surface area contributed by atoms with Gasteiger partial charge in [-0.25, -0.2) is 21.6 Å². The van der Waals surface area contributed by atoms with Gasteiger partial charge in [0.25, 0.3) is 0 Å². The van der Waals surface area contributed by atoms with E-state index in [0.29, 0.717) is 10.6 Å². The first-order valence-electron chi connectivity index (χ1n) is 7.96. The molecule has 7 heteroatoms.